The van der Waals surface area contributed by atoms with Crippen LogP contribution in [0, 0.1) is 0 Å². The monoisotopic (exact) mass is 551 g/mol. The van der Waals surface area contributed by atoms with Crippen molar-refractivity contribution >= 4 is 62.4 Å². The molecule has 0 spiro atoms. The van der Waals surface area contributed by atoms with Crippen molar-refractivity contribution in [3.63, 3.8) is 0 Å². The zero-order chi connectivity index (χ0) is 26.7. The average Bonchev–Trinajstić information content (AvgIpc) is 2.79. The van der Waals surface area contributed by atoms with Gasteiger partial charge in [0.1, 0.15) is 0 Å². The molecule has 1 amide bonds. The molecule has 0 unspecified atom stereocenters. The topological polar surface area (TPSA) is 177 Å². The number of hydrogen-bond acceptors (Lipinski definition) is 5. The molecule has 3 rings (SSSR count). The number of benzene rings is 3. The van der Waals surface area contributed by atoms with Gasteiger partial charge in [-0.05, 0) is 54.6 Å². The summed E-state index contributed by atoms with van der Waals surface area (Å²) in [4.78, 5) is 26.7. The molecule has 13 heteroatoms. The molecule has 0 bridgehead atoms. The first-order valence-corrected chi connectivity index (χ1v) is 12.4. The van der Waals surface area contributed by atoms with E-state index < -0.39 is 21.9 Å². The number of nitrogens with two attached hydrogens (primary N) is 2. The van der Waals surface area contributed by atoms with Crippen molar-refractivity contribution in [1.29, 1.82) is 0 Å². The van der Waals surface area contributed by atoms with Crippen molar-refractivity contribution in [1.82, 2.24) is 4.72 Å². The molecule has 0 saturated heterocycles. The van der Waals surface area contributed by atoms with Gasteiger partial charge in [-0.2, -0.15) is 0 Å². The van der Waals surface area contributed by atoms with Crippen molar-refractivity contribution in [2.75, 3.05) is 11.9 Å². The summed E-state index contributed by atoms with van der Waals surface area (Å²) in [5, 5.41) is 12.5. The Labute approximate surface area is 218 Å². The molecule has 0 atom stereocenters. The molecule has 3 aromatic carbocycles. The Hall–Kier alpha value is -3.64. The second kappa shape index (κ2) is 13.4. The van der Waals surface area contributed by atoms with E-state index >= 15 is 0 Å². The second-order valence-corrected chi connectivity index (χ2v) is 9.69. The number of anilines is 1. The van der Waals surface area contributed by atoms with Gasteiger partial charge in [-0.15, -0.1) is 0 Å². The fraction of sp³-hybridized carbons (Fsp3) is 0.0870. The number of rotatable bonds is 8. The number of aliphatic imine (C=N–C) groups is 1. The molecule has 190 valence electrons. The largest absolute Gasteiger partial charge is 0.481 e. The van der Waals surface area contributed by atoms with Crippen LogP contribution in [0.2, 0.25) is 10.0 Å². The predicted octanol–water partition coefficient (Wildman–Crippen LogP) is 3.59. The van der Waals surface area contributed by atoms with Crippen molar-refractivity contribution in [2.45, 2.75) is 11.3 Å². The number of aliphatic carboxylic acids is 1. The van der Waals surface area contributed by atoms with Crippen LogP contribution in [-0.4, -0.2) is 37.9 Å². The number of carboxylic acids is 1. The standard InChI is InChI=1S/C17H19N5O5S.C6H4Cl2/c18-17(19)22-12-4-1-3-11(9-12)16(25)21-13-5-2-6-14(10-13)28(26,27)20-8-7-15(23)24;7-5-2-1-3-6(8)4-5/h1-6,9-10,20H,7-8H2,(H,21,25)(H,23,24)(H4,18,19,22);1-4H. The summed E-state index contributed by atoms with van der Waals surface area (Å²) < 4.78 is 26.6. The summed E-state index contributed by atoms with van der Waals surface area (Å²) in [6.45, 7) is -0.244. The number of carbonyl (C=O) groups excluding carboxylic acids is 1. The Morgan fingerprint density at radius 1 is 0.917 bits per heavy atom. The maximum Gasteiger partial charge on any atom is 0.304 e. The van der Waals surface area contributed by atoms with Gasteiger partial charge in [0.25, 0.3) is 5.91 Å². The van der Waals surface area contributed by atoms with E-state index in [0.29, 0.717) is 15.7 Å². The van der Waals surface area contributed by atoms with Gasteiger partial charge in [0, 0.05) is 27.8 Å². The molecule has 0 saturated carbocycles. The van der Waals surface area contributed by atoms with Crippen LogP contribution in [0.4, 0.5) is 11.4 Å². The van der Waals surface area contributed by atoms with Crippen LogP contribution in [0.5, 0.6) is 0 Å². The lowest BCUT2D eigenvalue weighted by molar-refractivity contribution is -0.136. The van der Waals surface area contributed by atoms with Crippen molar-refractivity contribution in [3.8, 4) is 0 Å². The van der Waals surface area contributed by atoms with E-state index in [0.717, 1.165) is 0 Å². The Morgan fingerprint density at radius 3 is 2.14 bits per heavy atom. The van der Waals surface area contributed by atoms with Gasteiger partial charge >= 0.3 is 5.97 Å². The zero-order valence-corrected chi connectivity index (χ0v) is 21.0. The summed E-state index contributed by atoms with van der Waals surface area (Å²) in [5.74, 6) is -1.75. The van der Waals surface area contributed by atoms with Crippen molar-refractivity contribution in [2.24, 2.45) is 16.5 Å². The molecule has 0 heterocycles. The highest BCUT2D eigenvalue weighted by atomic mass is 35.5. The molecule has 0 aliphatic rings. The van der Waals surface area contributed by atoms with Crippen molar-refractivity contribution < 1.29 is 23.1 Å². The lowest BCUT2D eigenvalue weighted by Gasteiger charge is -2.09. The number of carbonyl (C=O) groups is 2. The van der Waals surface area contributed by atoms with Gasteiger partial charge in [0.2, 0.25) is 10.0 Å². The highest BCUT2D eigenvalue weighted by molar-refractivity contribution is 7.89. The number of hydrogen-bond donors (Lipinski definition) is 5. The third-order valence-corrected chi connectivity index (χ3v) is 6.12. The summed E-state index contributed by atoms with van der Waals surface area (Å²) in [6, 6.07) is 18.9. The lowest BCUT2D eigenvalue weighted by Crippen LogP contribution is -2.26. The molecule has 7 N–H and O–H groups in total. The molecule has 10 nitrogen and oxygen atoms in total. The third-order valence-electron chi connectivity index (χ3n) is 4.19. The summed E-state index contributed by atoms with van der Waals surface area (Å²) in [7, 11) is -3.91. The summed E-state index contributed by atoms with van der Waals surface area (Å²) in [6.07, 6.45) is -0.345. The number of amides is 1. The van der Waals surface area contributed by atoms with Crippen LogP contribution < -0.4 is 21.5 Å². The van der Waals surface area contributed by atoms with Gasteiger partial charge in [-0.1, -0.05) is 41.4 Å². The molecule has 3 aromatic rings. The zero-order valence-electron chi connectivity index (χ0n) is 18.7. The van der Waals surface area contributed by atoms with Crippen LogP contribution in [0.1, 0.15) is 16.8 Å². The van der Waals surface area contributed by atoms with Crippen LogP contribution in [0.25, 0.3) is 0 Å². The van der Waals surface area contributed by atoms with Gasteiger partial charge in [0.15, 0.2) is 5.96 Å². The summed E-state index contributed by atoms with van der Waals surface area (Å²) in [5.41, 5.74) is 11.5. The maximum atomic E-state index is 12.4. The minimum absolute atomic E-state index is 0.107. The first-order chi connectivity index (χ1) is 17.0. The van der Waals surface area contributed by atoms with Crippen LogP contribution >= 0.6 is 23.2 Å². The molecule has 0 aliphatic carbocycles. The van der Waals surface area contributed by atoms with E-state index in [4.69, 9.17) is 39.8 Å². The van der Waals surface area contributed by atoms with Gasteiger partial charge in [0.05, 0.1) is 17.0 Å². The minimum atomic E-state index is -3.91. The van der Waals surface area contributed by atoms with E-state index in [1.54, 1.807) is 36.4 Å². The van der Waals surface area contributed by atoms with Crippen molar-refractivity contribution in [3.05, 3.63) is 88.4 Å². The van der Waals surface area contributed by atoms with E-state index in [2.05, 4.69) is 15.0 Å². The number of halogens is 2. The van der Waals surface area contributed by atoms with Gasteiger partial charge < -0.3 is 21.9 Å². The molecule has 0 aliphatic heterocycles. The number of nitrogens with one attached hydrogen (secondary N) is 2. The third kappa shape index (κ3) is 9.92. The molecular weight excluding hydrogens is 529 g/mol. The van der Waals surface area contributed by atoms with E-state index in [-0.39, 0.29) is 35.1 Å². The number of sulfonamides is 1. The Bertz CT molecular complexity index is 1350. The fourth-order valence-corrected chi connectivity index (χ4v) is 4.16. The van der Waals surface area contributed by atoms with E-state index in [1.165, 1.54) is 30.3 Å². The first-order valence-electron chi connectivity index (χ1n) is 10.2. The molecule has 0 fully saturated rings. The number of nitrogens with zero attached hydrogens (tertiary/aromatic N) is 1. The average molecular weight is 552 g/mol. The second-order valence-electron chi connectivity index (χ2n) is 7.05. The Morgan fingerprint density at radius 2 is 1.56 bits per heavy atom. The quantitative estimate of drug-likeness (QED) is 0.209. The smallest absolute Gasteiger partial charge is 0.304 e. The molecular formula is C23H23Cl2N5O5S. The van der Waals surface area contributed by atoms with Crippen LogP contribution in [0.3, 0.4) is 0 Å². The van der Waals surface area contributed by atoms with E-state index in [9.17, 15) is 18.0 Å². The SMILES string of the molecule is Clc1cccc(Cl)c1.NC(N)=Nc1cccc(C(=O)Nc2cccc(S(=O)(=O)NCCC(=O)O)c2)c1. The van der Waals surface area contributed by atoms with Gasteiger partial charge in [-0.25, -0.2) is 18.1 Å². The number of carboxylic acid groups (broad SMARTS) is 1. The predicted molar refractivity (Wildman–Crippen MR) is 140 cm³/mol. The molecule has 0 aromatic heterocycles. The van der Waals surface area contributed by atoms with Gasteiger partial charge in [-0.3, -0.25) is 9.59 Å². The summed E-state index contributed by atoms with van der Waals surface area (Å²) >= 11 is 11.1. The molecule has 36 heavy (non-hydrogen) atoms. The highest BCUT2D eigenvalue weighted by Crippen LogP contribution is 2.18. The first kappa shape index (κ1) is 28.6. The normalized spacial score (nSPS) is 10.5. The van der Waals surface area contributed by atoms with Crippen LogP contribution in [0.15, 0.2) is 82.7 Å². The van der Waals surface area contributed by atoms with Crippen LogP contribution in [-0.2, 0) is 14.8 Å². The lowest BCUT2D eigenvalue weighted by atomic mass is 10.2. The number of guanidine groups is 1. The van der Waals surface area contributed by atoms with E-state index in [1.807, 2.05) is 6.07 Å². The maximum absolute atomic E-state index is 12.4. The Balaban J connectivity index is 0.000000482. The fourth-order valence-electron chi connectivity index (χ4n) is 2.65. The minimum Gasteiger partial charge on any atom is -0.481 e. The Kier molecular flexibility index (Phi) is 10.7. The molecule has 0 radical (unpaired) electrons. The highest BCUT2D eigenvalue weighted by Gasteiger charge is 2.15.